The lowest BCUT2D eigenvalue weighted by molar-refractivity contribution is -0.145. The molecule has 1 aromatic carbocycles. The molecule has 0 saturated carbocycles. The van der Waals surface area contributed by atoms with Gasteiger partial charge in [0.15, 0.2) is 6.61 Å². The Bertz CT molecular complexity index is 569. The normalized spacial score (nSPS) is 10.4. The van der Waals surface area contributed by atoms with Gasteiger partial charge in [0, 0.05) is 6.42 Å². The lowest BCUT2D eigenvalue weighted by Crippen LogP contribution is -2.03. The van der Waals surface area contributed by atoms with E-state index in [0.29, 0.717) is 22.9 Å². The molecule has 0 unspecified atom stereocenters. The van der Waals surface area contributed by atoms with Crippen LogP contribution in [0.3, 0.4) is 0 Å². The number of ether oxygens (including phenoxy) is 1. The maximum atomic E-state index is 11.2. The predicted octanol–water partition coefficient (Wildman–Crippen LogP) is 3.23. The van der Waals surface area contributed by atoms with E-state index >= 15 is 0 Å². The number of rotatable bonds is 5. The molecule has 0 atom stereocenters. The molecule has 100 valence electrons. The molecule has 0 amide bonds. The van der Waals surface area contributed by atoms with Gasteiger partial charge in [0.05, 0.1) is 10.6 Å². The van der Waals surface area contributed by atoms with E-state index in [1.807, 2.05) is 19.1 Å². The molecule has 5 nitrogen and oxygen atoms in total. The first-order chi connectivity index (χ1) is 9.20. The summed E-state index contributed by atoms with van der Waals surface area (Å²) < 4.78 is 10.4. The summed E-state index contributed by atoms with van der Waals surface area (Å²) in [6.07, 6.45) is 1.12. The Labute approximate surface area is 115 Å². The minimum Gasteiger partial charge on any atom is -0.456 e. The minimum absolute atomic E-state index is 0.0176. The average molecular weight is 281 g/mol. The molecule has 19 heavy (non-hydrogen) atoms. The number of benzene rings is 1. The van der Waals surface area contributed by atoms with Gasteiger partial charge in [-0.25, -0.2) is 0 Å². The predicted molar refractivity (Wildman–Crippen MR) is 69.4 cm³/mol. The molecule has 0 saturated heterocycles. The number of esters is 1. The zero-order valence-electron chi connectivity index (χ0n) is 10.4. The molecule has 0 bridgehead atoms. The second-order valence-corrected chi connectivity index (χ2v) is 4.30. The van der Waals surface area contributed by atoms with E-state index in [1.54, 1.807) is 12.1 Å². The fourth-order valence-electron chi connectivity index (χ4n) is 1.47. The van der Waals surface area contributed by atoms with Crippen LogP contribution < -0.4 is 0 Å². The van der Waals surface area contributed by atoms with Gasteiger partial charge in [-0.15, -0.1) is 10.2 Å². The van der Waals surface area contributed by atoms with Crippen LogP contribution in [0.15, 0.2) is 28.7 Å². The van der Waals surface area contributed by atoms with Crippen LogP contribution in [-0.4, -0.2) is 16.2 Å². The van der Waals surface area contributed by atoms with Gasteiger partial charge < -0.3 is 9.15 Å². The summed E-state index contributed by atoms with van der Waals surface area (Å²) in [6.45, 7) is 1.89. The zero-order chi connectivity index (χ0) is 13.7. The largest absolute Gasteiger partial charge is 0.456 e. The summed E-state index contributed by atoms with van der Waals surface area (Å²) in [4.78, 5) is 11.2. The quantitative estimate of drug-likeness (QED) is 0.787. The van der Waals surface area contributed by atoms with Crippen molar-refractivity contribution in [3.05, 3.63) is 35.2 Å². The molecule has 2 rings (SSSR count). The number of halogens is 1. The van der Waals surface area contributed by atoms with E-state index in [-0.39, 0.29) is 18.5 Å². The SMILES string of the molecule is CCCC(=O)OCc1nnc(-c2ccccc2Cl)o1. The van der Waals surface area contributed by atoms with E-state index in [0.717, 1.165) is 6.42 Å². The van der Waals surface area contributed by atoms with Gasteiger partial charge in [-0.05, 0) is 18.6 Å². The molecular weight excluding hydrogens is 268 g/mol. The van der Waals surface area contributed by atoms with Crippen molar-refractivity contribution >= 4 is 17.6 Å². The third-order valence-corrected chi connectivity index (χ3v) is 2.71. The Morgan fingerprint density at radius 3 is 2.89 bits per heavy atom. The molecule has 1 heterocycles. The van der Waals surface area contributed by atoms with Crippen LogP contribution in [-0.2, 0) is 16.1 Å². The Morgan fingerprint density at radius 1 is 1.37 bits per heavy atom. The molecule has 2 aromatic rings. The Balaban J connectivity index is 2.04. The monoisotopic (exact) mass is 280 g/mol. The van der Waals surface area contributed by atoms with Crippen LogP contribution >= 0.6 is 11.6 Å². The lowest BCUT2D eigenvalue weighted by Gasteiger charge is -1.99. The standard InChI is InChI=1S/C13H13ClN2O3/c1-2-5-12(17)18-8-11-15-16-13(19-11)9-6-3-4-7-10(9)14/h3-4,6-7H,2,5,8H2,1H3. The van der Waals surface area contributed by atoms with E-state index in [9.17, 15) is 4.79 Å². The van der Waals surface area contributed by atoms with E-state index in [2.05, 4.69) is 10.2 Å². The van der Waals surface area contributed by atoms with Gasteiger partial charge in [-0.2, -0.15) is 0 Å². The topological polar surface area (TPSA) is 65.2 Å². The van der Waals surface area contributed by atoms with Crippen LogP contribution in [0.4, 0.5) is 0 Å². The van der Waals surface area contributed by atoms with E-state index < -0.39 is 0 Å². The van der Waals surface area contributed by atoms with Crippen LogP contribution in [0.25, 0.3) is 11.5 Å². The average Bonchev–Trinajstić information content (AvgIpc) is 2.86. The van der Waals surface area contributed by atoms with Crippen molar-refractivity contribution in [1.82, 2.24) is 10.2 Å². The minimum atomic E-state index is -0.278. The molecule has 0 radical (unpaired) electrons. The Morgan fingerprint density at radius 2 is 2.16 bits per heavy atom. The number of hydrogen-bond acceptors (Lipinski definition) is 5. The highest BCUT2D eigenvalue weighted by Crippen LogP contribution is 2.26. The summed E-state index contributed by atoms with van der Waals surface area (Å²) >= 11 is 6.02. The first-order valence-electron chi connectivity index (χ1n) is 5.93. The molecule has 1 aromatic heterocycles. The fourth-order valence-corrected chi connectivity index (χ4v) is 1.69. The highest BCUT2D eigenvalue weighted by molar-refractivity contribution is 6.33. The fraction of sp³-hybridized carbons (Fsp3) is 0.308. The van der Waals surface area contributed by atoms with Gasteiger partial charge in [0.1, 0.15) is 0 Å². The molecular formula is C13H13ClN2O3. The molecule has 0 aliphatic heterocycles. The maximum absolute atomic E-state index is 11.2. The zero-order valence-corrected chi connectivity index (χ0v) is 11.2. The number of nitrogens with zero attached hydrogens (tertiary/aromatic N) is 2. The summed E-state index contributed by atoms with van der Waals surface area (Å²) in [6, 6.07) is 7.16. The first kappa shape index (κ1) is 13.5. The smallest absolute Gasteiger partial charge is 0.306 e. The maximum Gasteiger partial charge on any atom is 0.306 e. The van der Waals surface area contributed by atoms with E-state index in [4.69, 9.17) is 20.8 Å². The molecule has 0 aliphatic rings. The van der Waals surface area contributed by atoms with Crippen LogP contribution in [0.2, 0.25) is 5.02 Å². The van der Waals surface area contributed by atoms with Crippen molar-refractivity contribution in [1.29, 1.82) is 0 Å². The van der Waals surface area contributed by atoms with Crippen molar-refractivity contribution in [2.24, 2.45) is 0 Å². The summed E-state index contributed by atoms with van der Waals surface area (Å²) in [5, 5.41) is 8.22. The van der Waals surface area contributed by atoms with Gasteiger partial charge in [0.25, 0.3) is 5.89 Å². The van der Waals surface area contributed by atoms with Crippen molar-refractivity contribution < 1.29 is 13.9 Å². The molecule has 0 spiro atoms. The first-order valence-corrected chi connectivity index (χ1v) is 6.31. The summed E-state index contributed by atoms with van der Waals surface area (Å²) in [5.74, 6) is 0.284. The third kappa shape index (κ3) is 3.54. The van der Waals surface area contributed by atoms with Gasteiger partial charge in [-0.3, -0.25) is 4.79 Å². The van der Waals surface area contributed by atoms with Crippen LogP contribution in [0, 0.1) is 0 Å². The Hall–Kier alpha value is -1.88. The Kier molecular flexibility index (Phi) is 4.52. The van der Waals surface area contributed by atoms with E-state index in [1.165, 1.54) is 0 Å². The van der Waals surface area contributed by atoms with Gasteiger partial charge in [0.2, 0.25) is 5.89 Å². The van der Waals surface area contributed by atoms with Crippen molar-refractivity contribution in [3.63, 3.8) is 0 Å². The number of carbonyl (C=O) groups is 1. The van der Waals surface area contributed by atoms with Crippen molar-refractivity contribution in [3.8, 4) is 11.5 Å². The van der Waals surface area contributed by atoms with Crippen molar-refractivity contribution in [2.45, 2.75) is 26.4 Å². The highest BCUT2D eigenvalue weighted by atomic mass is 35.5. The summed E-state index contributed by atoms with van der Waals surface area (Å²) in [5.41, 5.74) is 0.655. The molecule has 0 N–H and O–H groups in total. The number of carbonyl (C=O) groups excluding carboxylic acids is 1. The van der Waals surface area contributed by atoms with Gasteiger partial charge >= 0.3 is 5.97 Å². The second kappa shape index (κ2) is 6.33. The van der Waals surface area contributed by atoms with Crippen molar-refractivity contribution in [2.75, 3.05) is 0 Å². The molecule has 0 aliphatic carbocycles. The lowest BCUT2D eigenvalue weighted by atomic mass is 10.2. The van der Waals surface area contributed by atoms with Crippen LogP contribution in [0.1, 0.15) is 25.7 Å². The summed E-state index contributed by atoms with van der Waals surface area (Å²) in [7, 11) is 0. The molecule has 0 fully saturated rings. The third-order valence-electron chi connectivity index (χ3n) is 2.38. The second-order valence-electron chi connectivity index (χ2n) is 3.89. The highest BCUT2D eigenvalue weighted by Gasteiger charge is 2.12. The van der Waals surface area contributed by atoms with Gasteiger partial charge in [-0.1, -0.05) is 30.7 Å². The number of hydrogen-bond donors (Lipinski definition) is 0. The molecule has 6 heteroatoms. The number of aromatic nitrogens is 2. The van der Waals surface area contributed by atoms with Crippen LogP contribution in [0.5, 0.6) is 0 Å².